The van der Waals surface area contributed by atoms with Crippen molar-refractivity contribution in [3.05, 3.63) is 18.2 Å². The maximum Gasteiger partial charge on any atom is 0.296 e. The molecule has 1 aromatic heterocycles. The highest BCUT2D eigenvalue weighted by molar-refractivity contribution is 5.86. The van der Waals surface area contributed by atoms with Gasteiger partial charge in [-0.3, -0.25) is 0 Å². The number of aliphatic hydroxyl groups excluding tert-OH is 1. The van der Waals surface area contributed by atoms with E-state index in [-0.39, 0.29) is 6.61 Å². The second kappa shape index (κ2) is 4.71. The van der Waals surface area contributed by atoms with Crippen LogP contribution in [0.2, 0.25) is 0 Å². The minimum atomic E-state index is -0.423. The van der Waals surface area contributed by atoms with Crippen LogP contribution in [0.1, 0.15) is 12.8 Å². The predicted octanol–water partition coefficient (Wildman–Crippen LogP) is 1.36. The van der Waals surface area contributed by atoms with Crippen LogP contribution < -0.4 is 11.1 Å². The van der Waals surface area contributed by atoms with Gasteiger partial charge in [-0.15, -0.1) is 0 Å². The summed E-state index contributed by atoms with van der Waals surface area (Å²) in [6, 6.07) is 5.82. The van der Waals surface area contributed by atoms with Crippen molar-refractivity contribution in [3.8, 4) is 0 Å². The van der Waals surface area contributed by atoms with E-state index in [4.69, 9.17) is 14.9 Å². The summed E-state index contributed by atoms with van der Waals surface area (Å²) < 4.78 is 10.9. The van der Waals surface area contributed by atoms with Crippen molar-refractivity contribution >= 4 is 22.8 Å². The van der Waals surface area contributed by atoms with Gasteiger partial charge in [-0.25, -0.2) is 0 Å². The Bertz CT molecular complexity index is 576. The average Bonchev–Trinajstić information content (AvgIpc) is 2.83. The number of anilines is 2. The van der Waals surface area contributed by atoms with Crippen molar-refractivity contribution in [3.63, 3.8) is 0 Å². The molecule has 0 bridgehead atoms. The Morgan fingerprint density at radius 1 is 1.37 bits per heavy atom. The number of nitrogens with one attached hydrogen (secondary N) is 1. The zero-order valence-corrected chi connectivity index (χ0v) is 10.6. The Labute approximate surface area is 110 Å². The molecule has 1 saturated heterocycles. The number of nitrogens with zero attached hydrogens (tertiary/aromatic N) is 1. The first-order chi connectivity index (χ1) is 9.22. The summed E-state index contributed by atoms with van der Waals surface area (Å²) in [4.78, 5) is 4.34. The standard InChI is InChI=1S/C13H17N3O3/c14-9-2-1-3-10-11(9)15-12(19-10)16-13(8-17)4-6-18-7-5-13/h1-3,17H,4-8,14H2,(H,15,16). The van der Waals surface area contributed by atoms with E-state index in [9.17, 15) is 5.11 Å². The first-order valence-electron chi connectivity index (χ1n) is 6.34. The minimum Gasteiger partial charge on any atom is -0.423 e. The molecule has 0 spiro atoms. The summed E-state index contributed by atoms with van der Waals surface area (Å²) in [5, 5.41) is 12.8. The van der Waals surface area contributed by atoms with Gasteiger partial charge in [0.1, 0.15) is 5.52 Å². The molecule has 0 amide bonds. The number of benzene rings is 1. The van der Waals surface area contributed by atoms with Crippen molar-refractivity contribution in [1.82, 2.24) is 4.98 Å². The van der Waals surface area contributed by atoms with Crippen LogP contribution in [0.4, 0.5) is 11.7 Å². The van der Waals surface area contributed by atoms with Crippen LogP contribution in [-0.2, 0) is 4.74 Å². The number of oxazole rings is 1. The zero-order valence-electron chi connectivity index (χ0n) is 10.6. The molecular formula is C13H17N3O3. The van der Waals surface area contributed by atoms with Crippen LogP contribution in [0.5, 0.6) is 0 Å². The molecule has 0 saturated carbocycles. The third kappa shape index (κ3) is 2.24. The van der Waals surface area contributed by atoms with Gasteiger partial charge in [0.2, 0.25) is 0 Å². The van der Waals surface area contributed by atoms with Gasteiger partial charge in [0, 0.05) is 13.2 Å². The maximum atomic E-state index is 9.62. The van der Waals surface area contributed by atoms with Gasteiger partial charge in [0.25, 0.3) is 6.01 Å². The molecule has 1 fully saturated rings. The lowest BCUT2D eigenvalue weighted by molar-refractivity contribution is 0.0371. The molecule has 1 aliphatic heterocycles. The number of rotatable bonds is 3. The van der Waals surface area contributed by atoms with Gasteiger partial charge in [-0.05, 0) is 25.0 Å². The van der Waals surface area contributed by atoms with Gasteiger partial charge in [-0.2, -0.15) is 4.98 Å². The lowest BCUT2D eigenvalue weighted by atomic mass is 9.91. The maximum absolute atomic E-state index is 9.62. The van der Waals surface area contributed by atoms with E-state index in [0.29, 0.717) is 36.0 Å². The molecule has 6 nitrogen and oxygen atoms in total. The van der Waals surface area contributed by atoms with Crippen molar-refractivity contribution in [1.29, 1.82) is 0 Å². The smallest absolute Gasteiger partial charge is 0.296 e. The molecule has 4 N–H and O–H groups in total. The Morgan fingerprint density at radius 2 is 2.16 bits per heavy atom. The number of aromatic nitrogens is 1. The van der Waals surface area contributed by atoms with Crippen molar-refractivity contribution in [2.75, 3.05) is 30.9 Å². The lowest BCUT2D eigenvalue weighted by Crippen LogP contribution is -2.47. The van der Waals surface area contributed by atoms with E-state index in [1.54, 1.807) is 6.07 Å². The molecule has 2 aromatic rings. The lowest BCUT2D eigenvalue weighted by Gasteiger charge is -2.35. The highest BCUT2D eigenvalue weighted by Gasteiger charge is 2.33. The van der Waals surface area contributed by atoms with Crippen LogP contribution in [0.25, 0.3) is 11.1 Å². The minimum absolute atomic E-state index is 0.0184. The average molecular weight is 263 g/mol. The summed E-state index contributed by atoms with van der Waals surface area (Å²) in [6.07, 6.45) is 1.44. The number of aliphatic hydroxyl groups is 1. The second-order valence-electron chi connectivity index (χ2n) is 4.89. The molecule has 102 valence electrons. The monoisotopic (exact) mass is 263 g/mol. The third-order valence-electron chi connectivity index (χ3n) is 3.57. The highest BCUT2D eigenvalue weighted by Crippen LogP contribution is 2.29. The van der Waals surface area contributed by atoms with E-state index >= 15 is 0 Å². The number of hydrogen-bond donors (Lipinski definition) is 3. The van der Waals surface area contributed by atoms with Gasteiger partial charge >= 0.3 is 0 Å². The first-order valence-corrected chi connectivity index (χ1v) is 6.34. The van der Waals surface area contributed by atoms with Crippen LogP contribution in [0.15, 0.2) is 22.6 Å². The zero-order chi connectivity index (χ0) is 13.3. The largest absolute Gasteiger partial charge is 0.423 e. The molecule has 6 heteroatoms. The fraction of sp³-hybridized carbons (Fsp3) is 0.462. The Hall–Kier alpha value is -1.79. The van der Waals surface area contributed by atoms with E-state index in [1.807, 2.05) is 12.1 Å². The van der Waals surface area contributed by atoms with E-state index in [1.165, 1.54) is 0 Å². The SMILES string of the molecule is Nc1cccc2oc(NC3(CO)CCOCC3)nc12. The molecule has 1 aromatic carbocycles. The van der Waals surface area contributed by atoms with Crippen molar-refractivity contribution in [2.24, 2.45) is 0 Å². The molecule has 3 rings (SSSR count). The summed E-state index contributed by atoms with van der Waals surface area (Å²) >= 11 is 0. The summed E-state index contributed by atoms with van der Waals surface area (Å²) in [7, 11) is 0. The molecule has 19 heavy (non-hydrogen) atoms. The fourth-order valence-corrected chi connectivity index (χ4v) is 2.33. The Morgan fingerprint density at radius 3 is 2.84 bits per heavy atom. The van der Waals surface area contributed by atoms with Gasteiger partial charge in [0.05, 0.1) is 17.8 Å². The second-order valence-corrected chi connectivity index (χ2v) is 4.89. The summed E-state index contributed by atoms with van der Waals surface area (Å²) in [6.45, 7) is 1.26. The third-order valence-corrected chi connectivity index (χ3v) is 3.57. The van der Waals surface area contributed by atoms with E-state index in [2.05, 4.69) is 10.3 Å². The number of nitrogen functional groups attached to an aromatic ring is 1. The number of ether oxygens (including phenoxy) is 1. The normalized spacial score (nSPS) is 18.6. The van der Waals surface area contributed by atoms with Gasteiger partial charge < -0.3 is 25.3 Å². The fourth-order valence-electron chi connectivity index (χ4n) is 2.33. The van der Waals surface area contributed by atoms with Gasteiger partial charge in [-0.1, -0.05) is 6.07 Å². The molecule has 2 heterocycles. The number of nitrogens with two attached hydrogens (primary N) is 1. The van der Waals surface area contributed by atoms with Crippen molar-refractivity contribution < 1.29 is 14.3 Å². The van der Waals surface area contributed by atoms with Gasteiger partial charge in [0.15, 0.2) is 5.58 Å². The molecule has 0 aliphatic carbocycles. The summed E-state index contributed by atoms with van der Waals surface area (Å²) in [5.41, 5.74) is 7.29. The molecule has 0 unspecified atom stereocenters. The Kier molecular flexibility index (Phi) is 3.04. The topological polar surface area (TPSA) is 93.5 Å². The molecular weight excluding hydrogens is 246 g/mol. The van der Waals surface area contributed by atoms with Crippen LogP contribution in [0.3, 0.4) is 0 Å². The quantitative estimate of drug-likeness (QED) is 0.724. The highest BCUT2D eigenvalue weighted by atomic mass is 16.5. The first kappa shape index (κ1) is 12.3. The molecule has 0 radical (unpaired) electrons. The van der Waals surface area contributed by atoms with Crippen LogP contribution in [0, 0.1) is 0 Å². The van der Waals surface area contributed by atoms with Crippen molar-refractivity contribution in [2.45, 2.75) is 18.4 Å². The number of hydrogen-bond acceptors (Lipinski definition) is 6. The number of fused-ring (bicyclic) bond motifs is 1. The van der Waals surface area contributed by atoms with Crippen LogP contribution in [-0.4, -0.2) is 35.5 Å². The molecule has 1 aliphatic rings. The summed E-state index contributed by atoms with van der Waals surface area (Å²) in [5.74, 6) is 0. The van der Waals surface area contributed by atoms with E-state index < -0.39 is 5.54 Å². The van der Waals surface area contributed by atoms with E-state index in [0.717, 1.165) is 12.8 Å². The Balaban J connectivity index is 1.89. The number of para-hydroxylation sites is 1. The predicted molar refractivity (Wildman–Crippen MR) is 71.9 cm³/mol. The molecule has 0 atom stereocenters. The van der Waals surface area contributed by atoms with Crippen LogP contribution >= 0.6 is 0 Å².